The zero-order valence-corrected chi connectivity index (χ0v) is 10.2. The lowest BCUT2D eigenvalue weighted by Gasteiger charge is -1.99. The van der Waals surface area contributed by atoms with Gasteiger partial charge < -0.3 is 11.1 Å². The summed E-state index contributed by atoms with van der Waals surface area (Å²) >= 11 is 0. The van der Waals surface area contributed by atoms with E-state index in [1.165, 1.54) is 0 Å². The zero-order chi connectivity index (χ0) is 13.4. The third-order valence-electron chi connectivity index (χ3n) is 2.76. The molecule has 0 fully saturated rings. The van der Waals surface area contributed by atoms with E-state index in [1.807, 2.05) is 0 Å². The van der Waals surface area contributed by atoms with E-state index >= 15 is 0 Å². The second-order valence-electron chi connectivity index (χ2n) is 4.21. The van der Waals surface area contributed by atoms with Crippen LogP contribution in [0.25, 0.3) is 10.9 Å². The largest absolute Gasteiger partial charge is 0.399 e. The van der Waals surface area contributed by atoms with Gasteiger partial charge in [-0.2, -0.15) is 10.2 Å². The molecule has 0 radical (unpaired) electrons. The van der Waals surface area contributed by atoms with Crippen molar-refractivity contribution in [3.05, 3.63) is 36.2 Å². The van der Waals surface area contributed by atoms with Crippen LogP contribution in [-0.2, 0) is 7.05 Å². The number of nitrogens with one attached hydrogen (secondary N) is 2. The molecule has 7 nitrogen and oxygen atoms in total. The van der Waals surface area contributed by atoms with Gasteiger partial charge >= 0.3 is 0 Å². The summed E-state index contributed by atoms with van der Waals surface area (Å²) in [6.07, 6.45) is 1.75. The van der Waals surface area contributed by atoms with Gasteiger partial charge in [0.25, 0.3) is 5.91 Å². The fourth-order valence-electron chi connectivity index (χ4n) is 1.86. The average molecular weight is 256 g/mol. The number of hydrogen-bond acceptors (Lipinski definition) is 4. The topological polar surface area (TPSA) is 102 Å². The number of aryl methyl sites for hydroxylation is 1. The molecule has 0 atom stereocenters. The molecule has 0 aliphatic carbocycles. The van der Waals surface area contributed by atoms with E-state index in [2.05, 4.69) is 20.6 Å². The standard InChI is InChI=1S/C12H12N6O/c1-18-5-4-10(17-18)14-12(19)11-8-6-7(13)2-3-9(8)15-16-11/h2-6H,13H2,1H3,(H,15,16)(H,14,17,19). The minimum Gasteiger partial charge on any atom is -0.399 e. The monoisotopic (exact) mass is 256 g/mol. The third kappa shape index (κ3) is 2.01. The maximum absolute atomic E-state index is 12.1. The predicted molar refractivity (Wildman–Crippen MR) is 71.7 cm³/mol. The van der Waals surface area contributed by atoms with E-state index < -0.39 is 0 Å². The number of fused-ring (bicyclic) bond motifs is 1. The first-order valence-electron chi connectivity index (χ1n) is 5.68. The minimum atomic E-state index is -0.324. The van der Waals surface area contributed by atoms with Gasteiger partial charge in [0.05, 0.1) is 5.52 Å². The molecule has 7 heteroatoms. The molecule has 2 aromatic heterocycles. The molecule has 3 rings (SSSR count). The summed E-state index contributed by atoms with van der Waals surface area (Å²) in [4.78, 5) is 12.1. The number of H-pyrrole nitrogens is 1. The van der Waals surface area contributed by atoms with Crippen LogP contribution in [0, 0.1) is 0 Å². The molecular formula is C12H12N6O. The van der Waals surface area contributed by atoms with Gasteiger partial charge in [0, 0.05) is 30.4 Å². The van der Waals surface area contributed by atoms with Crippen molar-refractivity contribution in [3.63, 3.8) is 0 Å². The Morgan fingerprint density at radius 3 is 3.00 bits per heavy atom. The predicted octanol–water partition coefficient (Wildman–Crippen LogP) is 1.13. The van der Waals surface area contributed by atoms with Gasteiger partial charge in [-0.05, 0) is 18.2 Å². The lowest BCUT2D eigenvalue weighted by molar-refractivity contribution is 0.102. The van der Waals surface area contributed by atoms with E-state index in [0.29, 0.717) is 22.6 Å². The third-order valence-corrected chi connectivity index (χ3v) is 2.76. The van der Waals surface area contributed by atoms with Gasteiger partial charge in [0.15, 0.2) is 11.5 Å². The Morgan fingerprint density at radius 1 is 1.42 bits per heavy atom. The Bertz CT molecular complexity index is 757. The van der Waals surface area contributed by atoms with Crippen molar-refractivity contribution in [2.75, 3.05) is 11.1 Å². The maximum Gasteiger partial charge on any atom is 0.278 e. The smallest absolute Gasteiger partial charge is 0.278 e. The first kappa shape index (κ1) is 11.3. The minimum absolute atomic E-state index is 0.299. The molecule has 96 valence electrons. The second kappa shape index (κ2) is 4.13. The van der Waals surface area contributed by atoms with Gasteiger partial charge in [0.2, 0.25) is 0 Å². The van der Waals surface area contributed by atoms with Crippen LogP contribution in [0.4, 0.5) is 11.5 Å². The summed E-state index contributed by atoms with van der Waals surface area (Å²) in [5, 5.41) is 14.3. The van der Waals surface area contributed by atoms with Crippen LogP contribution in [0.3, 0.4) is 0 Å². The van der Waals surface area contributed by atoms with Gasteiger partial charge in [-0.15, -0.1) is 0 Å². The normalized spacial score (nSPS) is 10.8. The number of nitrogen functional groups attached to an aromatic ring is 1. The number of aromatic amines is 1. The summed E-state index contributed by atoms with van der Waals surface area (Å²) in [6.45, 7) is 0. The van der Waals surface area contributed by atoms with Crippen LogP contribution in [0.15, 0.2) is 30.5 Å². The molecule has 2 heterocycles. The number of carbonyl (C=O) groups is 1. The zero-order valence-electron chi connectivity index (χ0n) is 10.2. The number of carbonyl (C=O) groups excluding carboxylic acids is 1. The lowest BCUT2D eigenvalue weighted by atomic mass is 10.2. The molecule has 3 aromatic rings. The Labute approximate surface area is 108 Å². The van der Waals surface area contributed by atoms with E-state index in [9.17, 15) is 4.79 Å². The molecule has 0 aliphatic heterocycles. The number of nitrogens with two attached hydrogens (primary N) is 1. The van der Waals surface area contributed by atoms with Gasteiger partial charge in [-0.1, -0.05) is 0 Å². The highest BCUT2D eigenvalue weighted by molar-refractivity contribution is 6.11. The average Bonchev–Trinajstić information content (AvgIpc) is 2.95. The Hall–Kier alpha value is -2.83. The molecule has 4 N–H and O–H groups in total. The Kier molecular flexibility index (Phi) is 2.45. The number of rotatable bonds is 2. The quantitative estimate of drug-likeness (QED) is 0.598. The molecule has 0 spiro atoms. The van der Waals surface area contributed by atoms with Crippen molar-refractivity contribution in [3.8, 4) is 0 Å². The molecule has 0 saturated heterocycles. The molecule has 0 saturated carbocycles. The highest BCUT2D eigenvalue weighted by Crippen LogP contribution is 2.19. The first-order valence-corrected chi connectivity index (χ1v) is 5.68. The maximum atomic E-state index is 12.1. The van der Waals surface area contributed by atoms with Crippen LogP contribution in [0.2, 0.25) is 0 Å². The number of aromatic nitrogens is 4. The van der Waals surface area contributed by atoms with Crippen molar-refractivity contribution in [2.24, 2.45) is 7.05 Å². The van der Waals surface area contributed by atoms with Crippen LogP contribution >= 0.6 is 0 Å². The van der Waals surface area contributed by atoms with Crippen LogP contribution < -0.4 is 11.1 Å². The summed E-state index contributed by atoms with van der Waals surface area (Å²) in [5.74, 6) is 0.156. The van der Waals surface area contributed by atoms with E-state index in [1.54, 1.807) is 42.2 Å². The number of amides is 1. The van der Waals surface area contributed by atoms with Crippen molar-refractivity contribution in [1.29, 1.82) is 0 Å². The van der Waals surface area contributed by atoms with E-state index in [4.69, 9.17) is 5.73 Å². The van der Waals surface area contributed by atoms with E-state index in [0.717, 1.165) is 5.52 Å². The summed E-state index contributed by atoms with van der Waals surface area (Å²) in [5.41, 5.74) is 7.37. The number of nitrogens with zero attached hydrogens (tertiary/aromatic N) is 3. The molecular weight excluding hydrogens is 244 g/mol. The summed E-state index contributed by atoms with van der Waals surface area (Å²) < 4.78 is 1.61. The number of anilines is 2. The summed E-state index contributed by atoms with van der Waals surface area (Å²) in [7, 11) is 1.78. The SMILES string of the molecule is Cn1ccc(NC(=O)c2n[nH]c3ccc(N)cc23)n1. The van der Waals surface area contributed by atoms with Crippen LogP contribution in [0.1, 0.15) is 10.5 Å². The Balaban J connectivity index is 1.95. The van der Waals surface area contributed by atoms with Crippen molar-refractivity contribution >= 4 is 28.3 Å². The highest BCUT2D eigenvalue weighted by atomic mass is 16.2. The molecule has 0 aliphatic rings. The van der Waals surface area contributed by atoms with Crippen molar-refractivity contribution < 1.29 is 4.79 Å². The fourth-order valence-corrected chi connectivity index (χ4v) is 1.86. The van der Waals surface area contributed by atoms with Crippen molar-refractivity contribution in [2.45, 2.75) is 0 Å². The van der Waals surface area contributed by atoms with Crippen molar-refractivity contribution in [1.82, 2.24) is 20.0 Å². The highest BCUT2D eigenvalue weighted by Gasteiger charge is 2.15. The van der Waals surface area contributed by atoms with E-state index in [-0.39, 0.29) is 5.91 Å². The van der Waals surface area contributed by atoms with Gasteiger partial charge in [-0.25, -0.2) is 0 Å². The molecule has 0 unspecified atom stereocenters. The van der Waals surface area contributed by atoms with Crippen LogP contribution in [-0.4, -0.2) is 25.9 Å². The lowest BCUT2D eigenvalue weighted by Crippen LogP contribution is -2.13. The number of benzene rings is 1. The van der Waals surface area contributed by atoms with Gasteiger partial charge in [0.1, 0.15) is 0 Å². The fraction of sp³-hybridized carbons (Fsp3) is 0.0833. The Morgan fingerprint density at radius 2 is 2.26 bits per heavy atom. The second-order valence-corrected chi connectivity index (χ2v) is 4.21. The molecule has 19 heavy (non-hydrogen) atoms. The van der Waals surface area contributed by atoms with Gasteiger partial charge in [-0.3, -0.25) is 14.6 Å². The number of hydrogen-bond donors (Lipinski definition) is 3. The summed E-state index contributed by atoms with van der Waals surface area (Å²) in [6, 6.07) is 6.96. The molecule has 0 bridgehead atoms. The first-order chi connectivity index (χ1) is 9.13. The van der Waals surface area contributed by atoms with Crippen LogP contribution in [0.5, 0.6) is 0 Å². The molecule has 1 amide bonds. The molecule has 1 aromatic carbocycles.